The number of hydrogen-bond acceptors (Lipinski definition) is 18. The van der Waals surface area contributed by atoms with Gasteiger partial charge in [0.1, 0.15) is 37.8 Å². The molecule has 10 rings (SSSR count). The lowest BCUT2D eigenvalue weighted by molar-refractivity contribution is -0.191. The highest BCUT2D eigenvalue weighted by atomic mass is 16.6. The van der Waals surface area contributed by atoms with Crippen molar-refractivity contribution in [2.45, 2.75) is 176 Å². The van der Waals surface area contributed by atoms with Crippen LogP contribution in [0.1, 0.15) is 122 Å². The summed E-state index contributed by atoms with van der Waals surface area (Å²) in [7, 11) is 1.53. The van der Waals surface area contributed by atoms with Crippen molar-refractivity contribution in [1.82, 2.24) is 34.0 Å². The molecule has 7 aliphatic rings. The number of carbonyl (C=O) groups is 3. The van der Waals surface area contributed by atoms with E-state index in [0.717, 1.165) is 77.2 Å². The highest BCUT2D eigenvalue weighted by Gasteiger charge is 2.56. The molecule has 3 aromatic heterocycles. The number of hydrogen-bond donors (Lipinski definition) is 4. The Morgan fingerprint density at radius 3 is 1.54 bits per heavy atom. The molecule has 3 aliphatic heterocycles. The molecular formula is C48H65N7O17. The van der Waals surface area contributed by atoms with E-state index in [9.17, 15) is 43.2 Å². The van der Waals surface area contributed by atoms with Crippen molar-refractivity contribution in [3.63, 3.8) is 0 Å². The van der Waals surface area contributed by atoms with Crippen LogP contribution in [0, 0.1) is 0 Å². The minimum Gasteiger partial charge on any atom is -0.462 e. The van der Waals surface area contributed by atoms with Crippen molar-refractivity contribution in [1.29, 1.82) is 0 Å². The molecule has 0 aromatic carbocycles. The van der Waals surface area contributed by atoms with Crippen LogP contribution in [-0.2, 0) is 58.8 Å². The first-order valence-corrected chi connectivity index (χ1v) is 24.9. The quantitative estimate of drug-likeness (QED) is 0.0960. The second-order valence-electron chi connectivity index (χ2n) is 19.7. The summed E-state index contributed by atoms with van der Waals surface area (Å²) in [6.07, 6.45) is 15.8. The average Bonchev–Trinajstić information content (AvgIpc) is 4.32. The Balaban J connectivity index is 0.000000145. The van der Waals surface area contributed by atoms with Gasteiger partial charge in [0.2, 0.25) is 0 Å². The largest absolute Gasteiger partial charge is 0.462 e. The predicted molar refractivity (Wildman–Crippen MR) is 251 cm³/mol. The number of aromatic amines is 3. The van der Waals surface area contributed by atoms with Crippen LogP contribution in [0.15, 0.2) is 65.6 Å². The lowest BCUT2D eigenvalue weighted by atomic mass is 9.80. The zero-order chi connectivity index (χ0) is 51.0. The number of carbonyl (C=O) groups excluding carboxylic acids is 3. The van der Waals surface area contributed by atoms with Crippen LogP contribution in [0.3, 0.4) is 0 Å². The minimum atomic E-state index is -0.741. The van der Waals surface area contributed by atoms with E-state index in [2.05, 4.69) is 20.3 Å². The summed E-state index contributed by atoms with van der Waals surface area (Å²) in [5, 5.41) is 3.15. The maximum Gasteiger partial charge on any atom is 0.338 e. The fourth-order valence-corrected chi connectivity index (χ4v) is 8.87. The highest BCUT2D eigenvalue weighted by molar-refractivity contribution is 5.83. The van der Waals surface area contributed by atoms with E-state index < -0.39 is 62.9 Å². The number of methoxy groups -OCH3 is 1. The van der Waals surface area contributed by atoms with Crippen molar-refractivity contribution in [2.75, 3.05) is 33.5 Å². The number of rotatable bonds is 19. The summed E-state index contributed by atoms with van der Waals surface area (Å²) >= 11 is 0. The fraction of sp³-hybridized carbons (Fsp3) is 0.688. The van der Waals surface area contributed by atoms with Gasteiger partial charge in [-0.25, -0.2) is 24.0 Å². The van der Waals surface area contributed by atoms with Gasteiger partial charge in [0.25, 0.3) is 16.7 Å². The van der Waals surface area contributed by atoms with Gasteiger partial charge in [-0.2, -0.15) is 0 Å². The van der Waals surface area contributed by atoms with Gasteiger partial charge < -0.3 is 47.8 Å². The van der Waals surface area contributed by atoms with Crippen LogP contribution in [0.25, 0.3) is 0 Å². The van der Waals surface area contributed by atoms with Crippen molar-refractivity contribution < 1.29 is 52.3 Å². The molecule has 6 atom stereocenters. The SMILES string of the molecule is COC(CCn1ccc(=O)[nH]c1=O)COC(=O)C1(C)CCCN1.O=C(OCC1CCC(n2ccc(=O)[nH]c2=O)O1)C1(OC2CC2)CC1.O=C(OCC1CCC(n2ccc(=O)[nH]c2=O)O1)C1(OC2CC2)CCC1. The van der Waals surface area contributed by atoms with Gasteiger partial charge in [-0.1, -0.05) is 0 Å². The molecule has 72 heavy (non-hydrogen) atoms. The average molecular weight is 1010 g/mol. The van der Waals surface area contributed by atoms with Crippen LogP contribution >= 0.6 is 0 Å². The molecule has 3 aromatic rings. The number of aromatic nitrogens is 6. The molecule has 4 aliphatic carbocycles. The summed E-state index contributed by atoms with van der Waals surface area (Å²) < 4.78 is 48.8. The third kappa shape index (κ3) is 13.6. The summed E-state index contributed by atoms with van der Waals surface area (Å²) in [4.78, 5) is 112. The number of esters is 3. The summed E-state index contributed by atoms with van der Waals surface area (Å²) in [5.41, 5.74) is -4.84. The molecule has 0 amide bonds. The van der Waals surface area contributed by atoms with Crippen molar-refractivity contribution in [3.8, 4) is 0 Å². The standard InChI is InChI=1S/C17H22N2O6.C16H20N2O6.C15H23N3O5/c20-13-6-9-19(16(22)18-13)14-5-4-12(24-14)10-23-15(21)17(7-1-8-17)25-11-2-3-11;19-12-5-8-18(15(21)17-12)13-4-3-11(23-13)9-22-14(20)16(6-7-16)24-10-1-2-10;1-15(6-3-7-16-15)13(20)23-10-11(22-2)4-8-18-9-5-12(19)17-14(18)21/h6,9,11-12,14H,1-5,7-8,10H2,(H,18,20,22);5,8,10-11,13H,1-4,6-7,9H2,(H,17,19,21);5,9,11,16H,3-4,6-8,10H2,1-2H3,(H,17,19,21). The van der Waals surface area contributed by atoms with Gasteiger partial charge in [-0.05, 0) is 116 Å². The van der Waals surface area contributed by atoms with E-state index in [1.54, 1.807) is 0 Å². The topological polar surface area (TPSA) is 302 Å². The van der Waals surface area contributed by atoms with E-state index in [1.807, 2.05) is 6.92 Å². The van der Waals surface area contributed by atoms with E-state index >= 15 is 0 Å². The molecule has 0 bridgehead atoms. The Labute approximate surface area is 412 Å². The molecule has 24 nitrogen and oxygen atoms in total. The first-order chi connectivity index (χ1) is 34.6. The number of nitrogens with one attached hydrogen (secondary N) is 4. The molecule has 4 saturated carbocycles. The molecule has 6 heterocycles. The molecule has 4 N–H and O–H groups in total. The fourth-order valence-electron chi connectivity index (χ4n) is 8.87. The van der Waals surface area contributed by atoms with Gasteiger partial charge in [0.15, 0.2) is 11.2 Å². The number of ether oxygens (including phenoxy) is 8. The Kier molecular flexibility index (Phi) is 16.8. The monoisotopic (exact) mass is 1010 g/mol. The van der Waals surface area contributed by atoms with Crippen LogP contribution < -0.4 is 39.1 Å². The normalized spacial score (nSPS) is 25.9. The predicted octanol–water partition coefficient (Wildman–Crippen LogP) is 0.955. The number of nitrogens with zero attached hydrogens (tertiary/aromatic N) is 3. The molecule has 0 radical (unpaired) electrons. The smallest absolute Gasteiger partial charge is 0.338 e. The van der Waals surface area contributed by atoms with Crippen molar-refractivity contribution >= 4 is 17.9 Å². The van der Waals surface area contributed by atoms with E-state index in [4.69, 9.17) is 37.9 Å². The van der Waals surface area contributed by atoms with Crippen LogP contribution in [0.4, 0.5) is 0 Å². The lowest BCUT2D eigenvalue weighted by Gasteiger charge is -2.39. The molecule has 7 fully saturated rings. The second-order valence-corrected chi connectivity index (χ2v) is 19.7. The van der Waals surface area contributed by atoms with Gasteiger partial charge in [-0.3, -0.25) is 43.3 Å². The Morgan fingerprint density at radius 1 is 0.625 bits per heavy atom. The Bertz CT molecular complexity index is 2740. The number of H-pyrrole nitrogens is 3. The second kappa shape index (κ2) is 23.0. The molecule has 6 unspecified atom stereocenters. The Hall–Kier alpha value is -5.79. The van der Waals surface area contributed by atoms with E-state index in [1.165, 1.54) is 57.6 Å². The van der Waals surface area contributed by atoms with Crippen molar-refractivity contribution in [3.05, 3.63) is 99.3 Å². The summed E-state index contributed by atoms with van der Waals surface area (Å²) in [6, 6.07) is 3.85. The molecule has 394 valence electrons. The van der Waals surface area contributed by atoms with Gasteiger partial charge in [0.05, 0.1) is 30.5 Å². The third-order valence-electron chi connectivity index (χ3n) is 13.9. The van der Waals surface area contributed by atoms with Gasteiger partial charge >= 0.3 is 35.0 Å². The van der Waals surface area contributed by atoms with E-state index in [-0.39, 0.29) is 68.2 Å². The maximum absolute atomic E-state index is 12.4. The zero-order valence-corrected chi connectivity index (χ0v) is 40.6. The molecular weight excluding hydrogens is 947 g/mol. The van der Waals surface area contributed by atoms with Crippen LogP contribution in [-0.4, -0.2) is 127 Å². The lowest BCUT2D eigenvalue weighted by Crippen LogP contribution is -2.50. The molecule has 0 spiro atoms. The maximum atomic E-state index is 12.4. The van der Waals surface area contributed by atoms with Crippen LogP contribution in [0.5, 0.6) is 0 Å². The first-order valence-electron chi connectivity index (χ1n) is 24.9. The summed E-state index contributed by atoms with van der Waals surface area (Å²) in [5.74, 6) is -0.875. The third-order valence-corrected chi connectivity index (χ3v) is 13.9. The summed E-state index contributed by atoms with van der Waals surface area (Å²) in [6.45, 7) is 3.46. The van der Waals surface area contributed by atoms with E-state index in [0.29, 0.717) is 38.6 Å². The van der Waals surface area contributed by atoms with Gasteiger partial charge in [-0.15, -0.1) is 0 Å². The van der Waals surface area contributed by atoms with Crippen LogP contribution in [0.2, 0.25) is 0 Å². The zero-order valence-electron chi connectivity index (χ0n) is 40.6. The van der Waals surface area contributed by atoms with Gasteiger partial charge in [0, 0.05) is 50.4 Å². The highest BCUT2D eigenvalue weighted by Crippen LogP contribution is 2.46. The molecule has 3 saturated heterocycles. The van der Waals surface area contributed by atoms with Crippen molar-refractivity contribution in [2.24, 2.45) is 0 Å². The molecule has 24 heteroatoms. The minimum absolute atomic E-state index is 0.130. The number of aryl methyl sites for hydroxylation is 1. The first kappa shape index (κ1) is 52.5. The Morgan fingerprint density at radius 2 is 1.12 bits per heavy atom.